The first kappa shape index (κ1) is 12.5. The molecule has 2 amide bonds. The van der Waals surface area contributed by atoms with Gasteiger partial charge >= 0.3 is 6.09 Å². The van der Waals surface area contributed by atoms with Gasteiger partial charge in [-0.05, 0) is 25.0 Å². The van der Waals surface area contributed by atoms with E-state index in [0.29, 0.717) is 30.0 Å². The molecule has 2 heterocycles. The average molecular weight is 275 g/mol. The zero-order valence-corrected chi connectivity index (χ0v) is 10.6. The number of amides is 2. The number of fused-ring (bicyclic) bond motifs is 1. The summed E-state index contributed by atoms with van der Waals surface area (Å²) in [6, 6.07) is 4.52. The number of aromatic nitrogens is 1. The lowest BCUT2D eigenvalue weighted by Crippen LogP contribution is -2.28. The van der Waals surface area contributed by atoms with Crippen molar-refractivity contribution in [1.29, 1.82) is 0 Å². The summed E-state index contributed by atoms with van der Waals surface area (Å²) in [7, 11) is 0. The topological polar surface area (TPSA) is 110 Å². The van der Waals surface area contributed by atoms with Gasteiger partial charge in [-0.1, -0.05) is 6.07 Å². The van der Waals surface area contributed by atoms with E-state index >= 15 is 0 Å². The Balaban J connectivity index is 2.07. The van der Waals surface area contributed by atoms with E-state index in [0.717, 1.165) is 6.42 Å². The predicted octanol–water partition coefficient (Wildman–Crippen LogP) is 1.74. The minimum Gasteiger partial charge on any atom is -0.465 e. The number of primary amides is 1. The highest BCUT2D eigenvalue weighted by Crippen LogP contribution is 2.33. The molecule has 3 N–H and O–H groups in total. The summed E-state index contributed by atoms with van der Waals surface area (Å²) in [4.78, 5) is 28.1. The maximum atomic E-state index is 11.3. The molecule has 0 spiro atoms. The van der Waals surface area contributed by atoms with Crippen LogP contribution in [0.3, 0.4) is 0 Å². The Kier molecular flexibility index (Phi) is 2.81. The average Bonchev–Trinajstić information content (AvgIpc) is 3.03. The van der Waals surface area contributed by atoms with Gasteiger partial charge in [-0.2, -0.15) is 0 Å². The third kappa shape index (κ3) is 1.87. The van der Waals surface area contributed by atoms with E-state index in [-0.39, 0.29) is 5.56 Å². The molecule has 2 aromatic rings. The van der Waals surface area contributed by atoms with Crippen LogP contribution in [-0.2, 0) is 0 Å². The van der Waals surface area contributed by atoms with E-state index in [1.54, 1.807) is 18.2 Å². The summed E-state index contributed by atoms with van der Waals surface area (Å²) >= 11 is 0. The van der Waals surface area contributed by atoms with Crippen molar-refractivity contribution in [3.8, 4) is 0 Å². The lowest BCUT2D eigenvalue weighted by atomic mass is 10.2. The van der Waals surface area contributed by atoms with Crippen LogP contribution >= 0.6 is 0 Å². The fraction of sp³-hybridized carbons (Fsp3) is 0.308. The Labute approximate surface area is 114 Å². The molecule has 1 unspecified atom stereocenters. The minimum absolute atomic E-state index is 0.251. The number of carbonyl (C=O) groups excluding carboxylic acids is 1. The van der Waals surface area contributed by atoms with Crippen LogP contribution in [0.1, 0.15) is 35.1 Å². The molecule has 7 nitrogen and oxygen atoms in total. The zero-order valence-electron chi connectivity index (χ0n) is 10.6. The second kappa shape index (κ2) is 4.52. The van der Waals surface area contributed by atoms with Gasteiger partial charge in [0.2, 0.25) is 5.89 Å². The fourth-order valence-electron chi connectivity index (χ4n) is 2.56. The van der Waals surface area contributed by atoms with Crippen LogP contribution in [0.4, 0.5) is 4.79 Å². The van der Waals surface area contributed by atoms with Crippen LogP contribution in [0.25, 0.3) is 11.1 Å². The van der Waals surface area contributed by atoms with Gasteiger partial charge < -0.3 is 15.3 Å². The number of hydrogen-bond acceptors (Lipinski definition) is 4. The number of nitrogens with zero attached hydrogens (tertiary/aromatic N) is 2. The molecule has 1 atom stereocenters. The van der Waals surface area contributed by atoms with Crippen molar-refractivity contribution in [2.45, 2.75) is 18.9 Å². The summed E-state index contributed by atoms with van der Waals surface area (Å²) in [6.45, 7) is 0.460. The van der Waals surface area contributed by atoms with Crippen molar-refractivity contribution in [2.24, 2.45) is 5.73 Å². The van der Waals surface area contributed by atoms with Crippen molar-refractivity contribution < 1.29 is 19.1 Å². The van der Waals surface area contributed by atoms with E-state index in [2.05, 4.69) is 4.98 Å². The van der Waals surface area contributed by atoms with Gasteiger partial charge in [0.15, 0.2) is 5.58 Å². The van der Waals surface area contributed by atoms with Crippen LogP contribution in [0, 0.1) is 0 Å². The first-order chi connectivity index (χ1) is 9.58. The molecular weight excluding hydrogens is 262 g/mol. The van der Waals surface area contributed by atoms with Crippen molar-refractivity contribution >= 4 is 23.1 Å². The number of oxazole rings is 1. The van der Waals surface area contributed by atoms with Gasteiger partial charge in [-0.3, -0.25) is 9.69 Å². The van der Waals surface area contributed by atoms with Gasteiger partial charge in [0, 0.05) is 6.54 Å². The molecule has 1 aliphatic heterocycles. The highest BCUT2D eigenvalue weighted by molar-refractivity contribution is 6.03. The molecule has 1 aromatic heterocycles. The van der Waals surface area contributed by atoms with Crippen LogP contribution in [-0.4, -0.2) is 33.5 Å². The van der Waals surface area contributed by atoms with E-state index in [4.69, 9.17) is 15.3 Å². The second-order valence-electron chi connectivity index (χ2n) is 4.70. The predicted molar refractivity (Wildman–Crippen MR) is 69.2 cm³/mol. The first-order valence-electron chi connectivity index (χ1n) is 6.26. The smallest absolute Gasteiger partial charge is 0.407 e. The maximum absolute atomic E-state index is 11.3. The molecule has 3 rings (SSSR count). The van der Waals surface area contributed by atoms with Gasteiger partial charge in [-0.25, -0.2) is 9.78 Å². The maximum Gasteiger partial charge on any atom is 0.407 e. The normalized spacial score (nSPS) is 18.6. The quantitative estimate of drug-likeness (QED) is 0.867. The monoisotopic (exact) mass is 275 g/mol. The molecule has 1 aliphatic rings. The first-order valence-corrected chi connectivity index (χ1v) is 6.26. The summed E-state index contributed by atoms with van der Waals surface area (Å²) in [6.07, 6.45) is 0.425. The molecule has 1 aromatic carbocycles. The Hall–Kier alpha value is -2.57. The van der Waals surface area contributed by atoms with Crippen molar-refractivity contribution in [3.05, 3.63) is 29.7 Å². The Bertz CT molecular complexity index is 694. The largest absolute Gasteiger partial charge is 0.465 e. The standard InChI is InChI=1S/C13H13N3O4/c14-11(17)7-3-1-4-8-10(7)20-12(15-8)9-5-2-6-16(9)13(18)19/h1,3-4,9H,2,5-6H2,(H2,14,17)(H,18,19). The SMILES string of the molecule is NC(=O)c1cccc2nc(C3CCCN3C(=O)O)oc12. The Morgan fingerprint density at radius 2 is 2.25 bits per heavy atom. The van der Waals surface area contributed by atoms with Crippen LogP contribution in [0.2, 0.25) is 0 Å². The third-order valence-electron chi connectivity index (χ3n) is 3.48. The molecular formula is C13H13N3O4. The van der Waals surface area contributed by atoms with E-state index in [1.807, 2.05) is 0 Å². The zero-order chi connectivity index (χ0) is 14.3. The van der Waals surface area contributed by atoms with Crippen molar-refractivity contribution in [2.75, 3.05) is 6.54 Å². The molecule has 0 aliphatic carbocycles. The van der Waals surface area contributed by atoms with Gasteiger partial charge in [0.05, 0.1) is 5.56 Å². The molecule has 20 heavy (non-hydrogen) atoms. The summed E-state index contributed by atoms with van der Waals surface area (Å²) in [5.74, 6) is -0.284. The molecule has 0 radical (unpaired) electrons. The molecule has 1 saturated heterocycles. The number of rotatable bonds is 2. The molecule has 0 saturated carbocycles. The van der Waals surface area contributed by atoms with Crippen molar-refractivity contribution in [1.82, 2.24) is 9.88 Å². The Morgan fingerprint density at radius 3 is 2.95 bits per heavy atom. The number of carbonyl (C=O) groups is 2. The summed E-state index contributed by atoms with van der Waals surface area (Å²) < 4.78 is 5.61. The fourth-order valence-corrected chi connectivity index (χ4v) is 2.56. The number of para-hydroxylation sites is 1. The van der Waals surface area contributed by atoms with Gasteiger partial charge in [-0.15, -0.1) is 0 Å². The summed E-state index contributed by atoms with van der Waals surface area (Å²) in [5, 5.41) is 9.15. The van der Waals surface area contributed by atoms with Crippen LogP contribution in [0.15, 0.2) is 22.6 Å². The Morgan fingerprint density at radius 1 is 1.45 bits per heavy atom. The highest BCUT2D eigenvalue weighted by Gasteiger charge is 2.33. The van der Waals surface area contributed by atoms with E-state index in [9.17, 15) is 9.59 Å². The number of nitrogens with two attached hydrogens (primary N) is 1. The third-order valence-corrected chi connectivity index (χ3v) is 3.48. The van der Waals surface area contributed by atoms with Gasteiger partial charge in [0.25, 0.3) is 5.91 Å². The van der Waals surface area contributed by atoms with Crippen LogP contribution in [0.5, 0.6) is 0 Å². The van der Waals surface area contributed by atoms with E-state index in [1.165, 1.54) is 4.90 Å². The van der Waals surface area contributed by atoms with E-state index < -0.39 is 18.0 Å². The highest BCUT2D eigenvalue weighted by atomic mass is 16.4. The van der Waals surface area contributed by atoms with Crippen molar-refractivity contribution in [3.63, 3.8) is 0 Å². The number of hydrogen-bond donors (Lipinski definition) is 2. The molecule has 1 fully saturated rings. The lowest BCUT2D eigenvalue weighted by Gasteiger charge is -2.17. The second-order valence-corrected chi connectivity index (χ2v) is 4.70. The van der Waals surface area contributed by atoms with Crippen LogP contribution < -0.4 is 5.73 Å². The molecule has 104 valence electrons. The summed E-state index contributed by atoms with van der Waals surface area (Å²) in [5.41, 5.74) is 6.36. The molecule has 7 heteroatoms. The lowest BCUT2D eigenvalue weighted by molar-refractivity contribution is 0.1000. The number of likely N-dealkylation sites (tertiary alicyclic amines) is 1. The molecule has 0 bridgehead atoms. The number of benzene rings is 1. The number of carboxylic acid groups (broad SMARTS) is 1. The minimum atomic E-state index is -0.995. The van der Waals surface area contributed by atoms with Gasteiger partial charge in [0.1, 0.15) is 11.6 Å².